The molecule has 2 heterocycles. The number of epoxide rings is 2. The normalized spacial score (nSPS) is 23.1. The standard InChI is InChI=1S/C9H16O4.C6H14O4/c1-7(11-4-9-6-13-9)2-10-3-8-5-12-8;7-1-3-9-5-6-10-4-2-8/h7-9H,2-6H2,1H3;7-8H,1-6H2. The Morgan fingerprint density at radius 2 is 1.39 bits per heavy atom. The van der Waals surface area contributed by atoms with Gasteiger partial charge in [-0.3, -0.25) is 0 Å². The highest BCUT2D eigenvalue weighted by Crippen LogP contribution is 2.11. The van der Waals surface area contributed by atoms with Crippen molar-refractivity contribution in [2.24, 2.45) is 0 Å². The molecule has 0 aromatic carbocycles. The number of hydrogen-bond donors (Lipinski definition) is 2. The van der Waals surface area contributed by atoms with Crippen LogP contribution in [-0.2, 0) is 28.4 Å². The lowest BCUT2D eigenvalue weighted by Gasteiger charge is -2.11. The van der Waals surface area contributed by atoms with Crippen LogP contribution in [0, 0.1) is 0 Å². The van der Waals surface area contributed by atoms with Gasteiger partial charge >= 0.3 is 0 Å². The number of aliphatic hydroxyl groups is 2. The van der Waals surface area contributed by atoms with Gasteiger partial charge in [0.25, 0.3) is 0 Å². The predicted octanol–water partition coefficient (Wildman–Crippen LogP) is -0.790. The molecule has 3 unspecified atom stereocenters. The van der Waals surface area contributed by atoms with E-state index in [0.717, 1.165) is 13.2 Å². The highest BCUT2D eigenvalue weighted by atomic mass is 16.6. The first-order valence-corrected chi connectivity index (χ1v) is 8.06. The Balaban J connectivity index is 0.000000241. The van der Waals surface area contributed by atoms with Crippen LogP contribution in [0.25, 0.3) is 0 Å². The van der Waals surface area contributed by atoms with Crippen LogP contribution in [0.5, 0.6) is 0 Å². The van der Waals surface area contributed by atoms with E-state index in [1.165, 1.54) is 0 Å². The molecule has 0 aliphatic carbocycles. The van der Waals surface area contributed by atoms with E-state index in [1.807, 2.05) is 6.92 Å². The van der Waals surface area contributed by atoms with Gasteiger partial charge in [0.1, 0.15) is 12.2 Å². The molecular formula is C15H30O8. The van der Waals surface area contributed by atoms with Crippen LogP contribution in [-0.4, -0.2) is 101 Å². The van der Waals surface area contributed by atoms with Gasteiger partial charge < -0.3 is 38.6 Å². The molecule has 2 aliphatic rings. The largest absolute Gasteiger partial charge is 0.394 e. The lowest BCUT2D eigenvalue weighted by atomic mass is 10.4. The summed E-state index contributed by atoms with van der Waals surface area (Å²) in [4.78, 5) is 0. The van der Waals surface area contributed by atoms with Crippen molar-refractivity contribution in [3.05, 3.63) is 0 Å². The molecule has 0 aromatic rings. The lowest BCUT2D eigenvalue weighted by molar-refractivity contribution is -0.0146. The van der Waals surface area contributed by atoms with E-state index in [1.54, 1.807) is 0 Å². The SMILES string of the molecule is CC(COCC1CO1)OCC1CO1.OCCOCCOCCO. The Morgan fingerprint density at radius 3 is 1.87 bits per heavy atom. The van der Waals surface area contributed by atoms with Crippen molar-refractivity contribution >= 4 is 0 Å². The zero-order valence-corrected chi connectivity index (χ0v) is 13.9. The van der Waals surface area contributed by atoms with Crippen molar-refractivity contribution < 1.29 is 38.6 Å². The second-order valence-corrected chi connectivity index (χ2v) is 5.26. The first-order chi connectivity index (χ1) is 11.3. The maximum Gasteiger partial charge on any atom is 0.104 e. The minimum Gasteiger partial charge on any atom is -0.394 e. The molecule has 0 radical (unpaired) electrons. The molecule has 2 rings (SSSR count). The molecule has 0 saturated carbocycles. The van der Waals surface area contributed by atoms with E-state index in [0.29, 0.717) is 58.5 Å². The Kier molecular flexibility index (Phi) is 12.7. The molecular weight excluding hydrogens is 308 g/mol. The number of ether oxygens (including phenoxy) is 6. The monoisotopic (exact) mass is 338 g/mol. The van der Waals surface area contributed by atoms with Crippen LogP contribution in [0.3, 0.4) is 0 Å². The highest BCUT2D eigenvalue weighted by molar-refractivity contribution is 4.69. The van der Waals surface area contributed by atoms with Crippen LogP contribution >= 0.6 is 0 Å². The fourth-order valence-corrected chi connectivity index (χ4v) is 1.46. The molecule has 2 N–H and O–H groups in total. The quantitative estimate of drug-likeness (QED) is 0.314. The zero-order chi connectivity index (χ0) is 16.8. The third-order valence-electron chi connectivity index (χ3n) is 2.87. The average Bonchev–Trinajstić information content (AvgIpc) is 3.44. The van der Waals surface area contributed by atoms with Crippen LogP contribution in [0.1, 0.15) is 6.92 Å². The van der Waals surface area contributed by atoms with Crippen molar-refractivity contribution in [3.8, 4) is 0 Å². The van der Waals surface area contributed by atoms with Crippen LogP contribution in [0.15, 0.2) is 0 Å². The van der Waals surface area contributed by atoms with Gasteiger partial charge in [0.05, 0.1) is 78.8 Å². The molecule has 138 valence electrons. The maximum atomic E-state index is 8.26. The summed E-state index contributed by atoms with van der Waals surface area (Å²) < 4.78 is 30.6. The Bertz CT molecular complexity index is 250. The van der Waals surface area contributed by atoms with E-state index < -0.39 is 0 Å². The average molecular weight is 338 g/mol. The molecule has 2 saturated heterocycles. The Hall–Kier alpha value is -0.320. The summed E-state index contributed by atoms with van der Waals surface area (Å²) in [6.45, 7) is 7.49. The van der Waals surface area contributed by atoms with Gasteiger partial charge in [-0.2, -0.15) is 0 Å². The van der Waals surface area contributed by atoms with Crippen LogP contribution < -0.4 is 0 Å². The molecule has 23 heavy (non-hydrogen) atoms. The summed E-state index contributed by atoms with van der Waals surface area (Å²) in [6, 6.07) is 0. The molecule has 2 fully saturated rings. The highest BCUT2D eigenvalue weighted by Gasteiger charge is 2.24. The van der Waals surface area contributed by atoms with E-state index in [4.69, 9.17) is 38.6 Å². The third kappa shape index (κ3) is 15.0. The summed E-state index contributed by atoms with van der Waals surface area (Å²) in [5.74, 6) is 0. The van der Waals surface area contributed by atoms with Crippen molar-refractivity contribution in [2.75, 3.05) is 72.7 Å². The molecule has 0 aromatic heterocycles. The topological polar surface area (TPSA) is 102 Å². The van der Waals surface area contributed by atoms with Crippen molar-refractivity contribution in [1.82, 2.24) is 0 Å². The summed E-state index contributed by atoms with van der Waals surface area (Å²) in [5.41, 5.74) is 0. The summed E-state index contributed by atoms with van der Waals surface area (Å²) in [7, 11) is 0. The van der Waals surface area contributed by atoms with Gasteiger partial charge in [-0.15, -0.1) is 0 Å². The molecule has 0 bridgehead atoms. The lowest BCUT2D eigenvalue weighted by Crippen LogP contribution is -2.19. The minimum absolute atomic E-state index is 0.0417. The van der Waals surface area contributed by atoms with E-state index in [2.05, 4.69) is 0 Å². The van der Waals surface area contributed by atoms with Crippen molar-refractivity contribution in [1.29, 1.82) is 0 Å². The smallest absolute Gasteiger partial charge is 0.104 e. The Morgan fingerprint density at radius 1 is 0.870 bits per heavy atom. The maximum absolute atomic E-state index is 8.26. The van der Waals surface area contributed by atoms with Crippen LogP contribution in [0.4, 0.5) is 0 Å². The molecule has 8 heteroatoms. The predicted molar refractivity (Wildman–Crippen MR) is 81.5 cm³/mol. The molecule has 8 nitrogen and oxygen atoms in total. The minimum atomic E-state index is 0.0417. The van der Waals surface area contributed by atoms with E-state index in [-0.39, 0.29) is 19.3 Å². The van der Waals surface area contributed by atoms with E-state index in [9.17, 15) is 0 Å². The number of rotatable bonds is 14. The van der Waals surface area contributed by atoms with Crippen molar-refractivity contribution in [2.45, 2.75) is 25.2 Å². The van der Waals surface area contributed by atoms with Crippen LogP contribution in [0.2, 0.25) is 0 Å². The van der Waals surface area contributed by atoms with Gasteiger partial charge in [0.15, 0.2) is 0 Å². The second kappa shape index (κ2) is 14.1. The fourth-order valence-electron chi connectivity index (χ4n) is 1.46. The Labute approximate surface area is 137 Å². The van der Waals surface area contributed by atoms with Gasteiger partial charge in [-0.05, 0) is 6.92 Å². The molecule has 2 aliphatic heterocycles. The van der Waals surface area contributed by atoms with Gasteiger partial charge in [-0.25, -0.2) is 0 Å². The van der Waals surface area contributed by atoms with Gasteiger partial charge in [0, 0.05) is 0 Å². The molecule has 0 spiro atoms. The number of hydrogen-bond acceptors (Lipinski definition) is 8. The number of aliphatic hydroxyl groups excluding tert-OH is 2. The zero-order valence-electron chi connectivity index (χ0n) is 13.9. The second-order valence-electron chi connectivity index (χ2n) is 5.26. The first kappa shape index (κ1) is 20.7. The summed E-state index contributed by atoms with van der Waals surface area (Å²) in [5, 5.41) is 16.5. The molecule has 3 atom stereocenters. The van der Waals surface area contributed by atoms with Gasteiger partial charge in [-0.1, -0.05) is 0 Å². The first-order valence-electron chi connectivity index (χ1n) is 8.06. The summed E-state index contributed by atoms with van der Waals surface area (Å²) >= 11 is 0. The summed E-state index contributed by atoms with van der Waals surface area (Å²) in [6.07, 6.45) is 0.844. The van der Waals surface area contributed by atoms with Gasteiger partial charge in [0.2, 0.25) is 0 Å². The molecule has 0 amide bonds. The van der Waals surface area contributed by atoms with E-state index >= 15 is 0 Å². The van der Waals surface area contributed by atoms with Crippen molar-refractivity contribution in [3.63, 3.8) is 0 Å². The third-order valence-corrected chi connectivity index (χ3v) is 2.87. The fraction of sp³-hybridized carbons (Fsp3) is 1.00.